The summed E-state index contributed by atoms with van der Waals surface area (Å²) in [5, 5.41) is 5.65. The molecular weight excluding hydrogens is 328 g/mol. The molecule has 0 saturated heterocycles. The summed E-state index contributed by atoms with van der Waals surface area (Å²) in [7, 11) is 0. The first-order valence-electron chi connectivity index (χ1n) is 9.04. The number of ether oxygens (including phenoxy) is 1. The minimum Gasteiger partial charge on any atom is -0.479 e. The number of fused-ring (bicyclic) bond motifs is 1. The van der Waals surface area contributed by atoms with Gasteiger partial charge in [-0.1, -0.05) is 37.6 Å². The number of carbonyl (C=O) groups excluding carboxylic acids is 2. The smallest absolute Gasteiger partial charge is 0.265 e. The lowest BCUT2D eigenvalue weighted by molar-refractivity contribution is -0.122. The molecule has 1 atom stereocenters. The second-order valence-electron chi connectivity index (χ2n) is 6.61. The molecule has 1 aliphatic rings. The van der Waals surface area contributed by atoms with Crippen LogP contribution in [-0.4, -0.2) is 17.9 Å². The van der Waals surface area contributed by atoms with Crippen molar-refractivity contribution in [2.75, 3.05) is 10.6 Å². The predicted molar refractivity (Wildman–Crippen MR) is 103 cm³/mol. The quantitative estimate of drug-likeness (QED) is 0.828. The van der Waals surface area contributed by atoms with Gasteiger partial charge in [0.25, 0.3) is 5.91 Å². The zero-order chi connectivity index (χ0) is 18.5. The Labute approximate surface area is 153 Å². The standard InChI is InChI=1S/C21H24N2O3/c1-3-4-5-15-6-8-16(9-7-15)12-20(24)22-17-10-11-19-18(13-17)23-21(25)14(2)26-19/h6-11,13-14H,3-5,12H2,1-2H3,(H,22,24)(H,23,25). The summed E-state index contributed by atoms with van der Waals surface area (Å²) in [4.78, 5) is 24.0. The highest BCUT2D eigenvalue weighted by molar-refractivity contribution is 5.99. The third-order valence-electron chi connectivity index (χ3n) is 4.40. The minimum atomic E-state index is -0.511. The molecule has 2 amide bonds. The first-order chi connectivity index (χ1) is 12.5. The molecule has 0 spiro atoms. The van der Waals surface area contributed by atoms with Crippen LogP contribution in [0.4, 0.5) is 11.4 Å². The van der Waals surface area contributed by atoms with E-state index in [1.54, 1.807) is 25.1 Å². The second kappa shape index (κ2) is 8.04. The van der Waals surface area contributed by atoms with Crippen LogP contribution in [0.2, 0.25) is 0 Å². The Hall–Kier alpha value is -2.82. The fraction of sp³-hybridized carbons (Fsp3) is 0.333. The highest BCUT2D eigenvalue weighted by atomic mass is 16.5. The van der Waals surface area contributed by atoms with Crippen molar-refractivity contribution in [3.63, 3.8) is 0 Å². The number of unbranched alkanes of at least 4 members (excludes halogenated alkanes) is 1. The molecule has 0 fully saturated rings. The molecule has 5 nitrogen and oxygen atoms in total. The Morgan fingerprint density at radius 2 is 1.88 bits per heavy atom. The van der Waals surface area contributed by atoms with Crippen LogP contribution < -0.4 is 15.4 Å². The van der Waals surface area contributed by atoms with Crippen molar-refractivity contribution in [2.24, 2.45) is 0 Å². The van der Waals surface area contributed by atoms with E-state index in [2.05, 4.69) is 29.7 Å². The van der Waals surface area contributed by atoms with E-state index >= 15 is 0 Å². The van der Waals surface area contributed by atoms with Crippen molar-refractivity contribution in [1.29, 1.82) is 0 Å². The van der Waals surface area contributed by atoms with Gasteiger partial charge in [-0.2, -0.15) is 0 Å². The first kappa shape index (κ1) is 18.0. The summed E-state index contributed by atoms with van der Waals surface area (Å²) in [5.74, 6) is 0.324. The topological polar surface area (TPSA) is 67.4 Å². The van der Waals surface area contributed by atoms with Crippen LogP contribution in [0, 0.1) is 0 Å². The van der Waals surface area contributed by atoms with Crippen molar-refractivity contribution in [2.45, 2.75) is 45.6 Å². The van der Waals surface area contributed by atoms with Gasteiger partial charge in [-0.3, -0.25) is 9.59 Å². The number of amides is 2. The normalized spacial score (nSPS) is 15.6. The van der Waals surface area contributed by atoms with Crippen LogP contribution >= 0.6 is 0 Å². The van der Waals surface area contributed by atoms with Gasteiger partial charge in [-0.05, 0) is 49.1 Å². The summed E-state index contributed by atoms with van der Waals surface area (Å²) in [5.41, 5.74) is 3.49. The zero-order valence-corrected chi connectivity index (χ0v) is 15.2. The van der Waals surface area contributed by atoms with Crippen molar-refractivity contribution in [1.82, 2.24) is 0 Å². The molecule has 0 bridgehead atoms. The third kappa shape index (κ3) is 4.42. The van der Waals surface area contributed by atoms with Gasteiger partial charge in [0.05, 0.1) is 12.1 Å². The van der Waals surface area contributed by atoms with Crippen LogP contribution in [0.3, 0.4) is 0 Å². The molecule has 5 heteroatoms. The monoisotopic (exact) mass is 352 g/mol. The van der Waals surface area contributed by atoms with E-state index in [9.17, 15) is 9.59 Å². The Morgan fingerprint density at radius 1 is 1.15 bits per heavy atom. The van der Waals surface area contributed by atoms with Gasteiger partial charge < -0.3 is 15.4 Å². The summed E-state index contributed by atoms with van der Waals surface area (Å²) in [6.45, 7) is 3.87. The van der Waals surface area contributed by atoms with Gasteiger partial charge in [0.1, 0.15) is 5.75 Å². The van der Waals surface area contributed by atoms with Crippen molar-refractivity contribution >= 4 is 23.2 Å². The van der Waals surface area contributed by atoms with Gasteiger partial charge in [0.2, 0.25) is 5.91 Å². The molecule has 0 saturated carbocycles. The van der Waals surface area contributed by atoms with Crippen molar-refractivity contribution < 1.29 is 14.3 Å². The Morgan fingerprint density at radius 3 is 2.62 bits per heavy atom. The lowest BCUT2D eigenvalue weighted by Crippen LogP contribution is -2.34. The molecule has 1 heterocycles. The van der Waals surface area contributed by atoms with E-state index in [1.165, 1.54) is 18.4 Å². The molecule has 0 aromatic heterocycles. The fourth-order valence-corrected chi connectivity index (χ4v) is 2.88. The van der Waals surface area contributed by atoms with E-state index in [-0.39, 0.29) is 11.8 Å². The number of hydrogen-bond donors (Lipinski definition) is 2. The van der Waals surface area contributed by atoms with E-state index in [0.29, 0.717) is 23.5 Å². The van der Waals surface area contributed by atoms with Gasteiger partial charge in [-0.25, -0.2) is 0 Å². The third-order valence-corrected chi connectivity index (χ3v) is 4.40. The Bertz CT molecular complexity index is 799. The average Bonchev–Trinajstić information content (AvgIpc) is 2.62. The van der Waals surface area contributed by atoms with Gasteiger partial charge in [0, 0.05) is 5.69 Å². The van der Waals surface area contributed by atoms with Gasteiger partial charge in [-0.15, -0.1) is 0 Å². The predicted octanol–water partition coefficient (Wildman–Crippen LogP) is 3.93. The fourth-order valence-electron chi connectivity index (χ4n) is 2.88. The highest BCUT2D eigenvalue weighted by Gasteiger charge is 2.23. The van der Waals surface area contributed by atoms with Crippen LogP contribution in [0.15, 0.2) is 42.5 Å². The Kier molecular flexibility index (Phi) is 5.56. The summed E-state index contributed by atoms with van der Waals surface area (Å²) in [6, 6.07) is 13.4. The first-order valence-corrected chi connectivity index (χ1v) is 9.04. The molecule has 26 heavy (non-hydrogen) atoms. The molecule has 2 aromatic rings. The zero-order valence-electron chi connectivity index (χ0n) is 15.2. The van der Waals surface area contributed by atoms with Crippen LogP contribution in [0.5, 0.6) is 5.75 Å². The number of aryl methyl sites for hydroxylation is 1. The number of carbonyl (C=O) groups is 2. The maximum atomic E-state index is 12.3. The maximum absolute atomic E-state index is 12.3. The SMILES string of the molecule is CCCCc1ccc(CC(=O)Nc2ccc3c(c2)NC(=O)C(C)O3)cc1. The average molecular weight is 352 g/mol. The molecule has 1 aliphatic heterocycles. The molecule has 0 radical (unpaired) electrons. The molecular formula is C21H24N2O3. The molecule has 0 aliphatic carbocycles. The number of benzene rings is 2. The number of nitrogens with one attached hydrogen (secondary N) is 2. The highest BCUT2D eigenvalue weighted by Crippen LogP contribution is 2.32. The molecule has 1 unspecified atom stereocenters. The molecule has 2 aromatic carbocycles. The van der Waals surface area contributed by atoms with E-state index in [4.69, 9.17) is 4.74 Å². The van der Waals surface area contributed by atoms with Crippen LogP contribution in [-0.2, 0) is 22.4 Å². The van der Waals surface area contributed by atoms with Crippen molar-refractivity contribution in [3.8, 4) is 5.75 Å². The number of anilines is 2. The minimum absolute atomic E-state index is 0.0947. The summed E-state index contributed by atoms with van der Waals surface area (Å²) in [6.07, 6.45) is 3.23. The maximum Gasteiger partial charge on any atom is 0.265 e. The number of rotatable bonds is 6. The molecule has 2 N–H and O–H groups in total. The second-order valence-corrected chi connectivity index (χ2v) is 6.61. The summed E-state index contributed by atoms with van der Waals surface area (Å²) < 4.78 is 5.51. The molecule has 136 valence electrons. The lowest BCUT2D eigenvalue weighted by Gasteiger charge is -2.23. The van der Waals surface area contributed by atoms with Crippen molar-refractivity contribution in [3.05, 3.63) is 53.6 Å². The van der Waals surface area contributed by atoms with Gasteiger partial charge in [0.15, 0.2) is 6.10 Å². The van der Waals surface area contributed by atoms with Gasteiger partial charge >= 0.3 is 0 Å². The van der Waals surface area contributed by atoms with E-state index < -0.39 is 6.10 Å². The molecule has 3 rings (SSSR count). The van der Waals surface area contributed by atoms with E-state index in [0.717, 1.165) is 12.0 Å². The largest absolute Gasteiger partial charge is 0.479 e. The summed E-state index contributed by atoms with van der Waals surface area (Å²) >= 11 is 0. The number of hydrogen-bond acceptors (Lipinski definition) is 3. The van der Waals surface area contributed by atoms with Crippen LogP contribution in [0.25, 0.3) is 0 Å². The van der Waals surface area contributed by atoms with E-state index in [1.807, 2.05) is 12.1 Å². The Balaban J connectivity index is 1.60. The lowest BCUT2D eigenvalue weighted by atomic mass is 10.0. The van der Waals surface area contributed by atoms with Crippen LogP contribution in [0.1, 0.15) is 37.8 Å².